The predicted molar refractivity (Wildman–Crippen MR) is 37.4 cm³/mol. The Morgan fingerprint density at radius 1 is 1.62 bits per heavy atom. The van der Waals surface area contributed by atoms with E-state index in [1.54, 1.807) is 12.3 Å². The summed E-state index contributed by atoms with van der Waals surface area (Å²) in [5.41, 5.74) is 0. The van der Waals surface area contributed by atoms with Crippen molar-refractivity contribution >= 4 is 32.9 Å². The summed E-state index contributed by atoms with van der Waals surface area (Å²) in [6.45, 7) is 0. The van der Waals surface area contributed by atoms with E-state index in [1.165, 1.54) is 16.9 Å². The monoisotopic (exact) mass is 189 g/mol. The Hall–Kier alpha value is -0.00156. The van der Waals surface area contributed by atoms with Crippen LogP contribution in [0.2, 0.25) is 5.02 Å². The molecule has 1 unspecified atom stereocenters. The van der Waals surface area contributed by atoms with Crippen molar-refractivity contribution in [3.05, 3.63) is 23.4 Å². The Morgan fingerprint density at radius 3 is 2.75 bits per heavy atom. The van der Waals surface area contributed by atoms with E-state index < -0.39 is 0 Å². The first-order valence-electron chi connectivity index (χ1n) is 2.16. The van der Waals surface area contributed by atoms with E-state index in [1.807, 2.05) is 6.07 Å². The second kappa shape index (κ2) is 2.52. The van der Waals surface area contributed by atoms with E-state index in [0.717, 1.165) is 9.50 Å². The van der Waals surface area contributed by atoms with Gasteiger partial charge in [-0.25, -0.2) is 0 Å². The van der Waals surface area contributed by atoms with Crippen molar-refractivity contribution in [1.29, 1.82) is 0 Å². The summed E-state index contributed by atoms with van der Waals surface area (Å²) in [5.74, 6) is 0. The van der Waals surface area contributed by atoms with E-state index in [2.05, 4.69) is 4.98 Å². The van der Waals surface area contributed by atoms with Crippen LogP contribution < -0.4 is 4.48 Å². The molecule has 0 N–H and O–H groups in total. The zero-order valence-corrected chi connectivity index (χ0v) is 7.31. The first kappa shape index (κ1) is 6.12. The van der Waals surface area contributed by atoms with Gasteiger partial charge in [-0.15, -0.1) is 0 Å². The second-order valence-electron chi connectivity index (χ2n) is 1.40. The molecule has 0 saturated carbocycles. The third-order valence-electron chi connectivity index (χ3n) is 0.743. The van der Waals surface area contributed by atoms with Crippen LogP contribution in [0.25, 0.3) is 0 Å². The molecule has 0 saturated heterocycles. The van der Waals surface area contributed by atoms with Gasteiger partial charge in [0.25, 0.3) is 0 Å². The summed E-state index contributed by atoms with van der Waals surface area (Å²) in [6.07, 6.45) is 1.71. The van der Waals surface area contributed by atoms with Crippen LogP contribution in [0.15, 0.2) is 18.3 Å². The quantitative estimate of drug-likeness (QED) is 0.524. The normalized spacial score (nSPS) is 9.25. The van der Waals surface area contributed by atoms with Gasteiger partial charge in [-0.2, -0.15) is 0 Å². The molecule has 0 aliphatic heterocycles. The van der Waals surface area contributed by atoms with Gasteiger partial charge in [0.15, 0.2) is 0 Å². The van der Waals surface area contributed by atoms with Gasteiger partial charge in [0.1, 0.15) is 0 Å². The van der Waals surface area contributed by atoms with E-state index in [9.17, 15) is 0 Å². The summed E-state index contributed by atoms with van der Waals surface area (Å²) in [6, 6.07) is 3.62. The maximum atomic E-state index is 5.61. The van der Waals surface area contributed by atoms with Crippen molar-refractivity contribution in [2.24, 2.45) is 0 Å². The minimum atomic E-state index is 0.763. The molecule has 1 atom stereocenters. The molecule has 0 bridgehead atoms. The fourth-order valence-electron chi connectivity index (χ4n) is 0.421. The number of hydrogen-bond acceptors (Lipinski definition) is 1. The summed E-state index contributed by atoms with van der Waals surface area (Å²) in [4.78, 5) is 3.98. The molecule has 8 heavy (non-hydrogen) atoms. The molecule has 0 aliphatic rings. The molecular formula is C5H5AsClN. The second-order valence-corrected chi connectivity index (χ2v) is 3.08. The van der Waals surface area contributed by atoms with Gasteiger partial charge in [-0.3, -0.25) is 0 Å². The van der Waals surface area contributed by atoms with Gasteiger partial charge in [0.05, 0.1) is 0 Å². The van der Waals surface area contributed by atoms with E-state index in [4.69, 9.17) is 11.6 Å². The standard InChI is InChI=1S/C5H5AsClN/c6-5-3-4(7)1-2-8-5/h1-3H,6H2. The Kier molecular flexibility index (Phi) is 1.93. The van der Waals surface area contributed by atoms with Crippen molar-refractivity contribution in [3.63, 3.8) is 0 Å². The summed E-state index contributed by atoms with van der Waals surface area (Å²) < 4.78 is 1.02. The number of nitrogens with zero attached hydrogens (tertiary/aromatic N) is 1. The van der Waals surface area contributed by atoms with Crippen LogP contribution in [0.1, 0.15) is 0 Å². The molecule has 0 fully saturated rings. The zero-order chi connectivity index (χ0) is 5.98. The van der Waals surface area contributed by atoms with Crippen LogP contribution >= 0.6 is 11.6 Å². The zero-order valence-electron chi connectivity index (χ0n) is 4.13. The van der Waals surface area contributed by atoms with Gasteiger partial charge in [0, 0.05) is 0 Å². The summed E-state index contributed by atoms with van der Waals surface area (Å²) in [7, 11) is 0. The Labute approximate surface area is 61.6 Å². The third-order valence-corrected chi connectivity index (χ3v) is 1.64. The van der Waals surface area contributed by atoms with Crippen molar-refractivity contribution in [3.8, 4) is 0 Å². The molecule has 0 aliphatic carbocycles. The fourth-order valence-corrected chi connectivity index (χ4v) is 1.37. The van der Waals surface area contributed by atoms with Crippen molar-refractivity contribution < 1.29 is 0 Å². The minimum absolute atomic E-state index is 0.763. The molecule has 3 heteroatoms. The average molecular weight is 189 g/mol. The predicted octanol–water partition coefficient (Wildman–Crippen LogP) is -0.00660. The average Bonchev–Trinajstić information content (AvgIpc) is 1.64. The van der Waals surface area contributed by atoms with E-state index >= 15 is 0 Å². The van der Waals surface area contributed by atoms with Gasteiger partial charge in [0.2, 0.25) is 0 Å². The number of hydrogen-bond donors (Lipinski definition) is 0. The Balaban J connectivity index is 3.08. The van der Waals surface area contributed by atoms with Gasteiger partial charge >= 0.3 is 61.3 Å². The van der Waals surface area contributed by atoms with Crippen LogP contribution in [0, 0.1) is 0 Å². The van der Waals surface area contributed by atoms with Crippen LogP contribution in [0.5, 0.6) is 0 Å². The van der Waals surface area contributed by atoms with Crippen molar-refractivity contribution in [2.75, 3.05) is 0 Å². The summed E-state index contributed by atoms with van der Waals surface area (Å²) >= 11 is 7.10. The van der Waals surface area contributed by atoms with E-state index in [0.29, 0.717) is 0 Å². The molecule has 0 aromatic carbocycles. The SMILES string of the molecule is Clc1ccnc([AsH2])c1. The molecule has 0 radical (unpaired) electrons. The van der Waals surface area contributed by atoms with Crippen LogP contribution in [0.4, 0.5) is 0 Å². The van der Waals surface area contributed by atoms with Crippen LogP contribution in [-0.2, 0) is 0 Å². The molecule has 1 aromatic rings. The van der Waals surface area contributed by atoms with E-state index in [-0.39, 0.29) is 0 Å². The number of halogens is 1. The van der Waals surface area contributed by atoms with Crippen molar-refractivity contribution in [1.82, 2.24) is 4.98 Å². The molecule has 0 spiro atoms. The van der Waals surface area contributed by atoms with Crippen LogP contribution in [0.3, 0.4) is 0 Å². The van der Waals surface area contributed by atoms with Crippen molar-refractivity contribution in [2.45, 2.75) is 0 Å². The first-order chi connectivity index (χ1) is 3.79. The summed E-state index contributed by atoms with van der Waals surface area (Å²) in [5, 5.41) is 0.763. The molecule has 1 heterocycles. The third kappa shape index (κ3) is 1.50. The molecule has 1 aromatic heterocycles. The van der Waals surface area contributed by atoms with Gasteiger partial charge in [-0.05, 0) is 0 Å². The first-order valence-corrected chi connectivity index (χ1v) is 3.75. The van der Waals surface area contributed by atoms with Crippen LogP contribution in [-0.4, -0.2) is 21.8 Å². The van der Waals surface area contributed by atoms with Gasteiger partial charge in [-0.1, -0.05) is 0 Å². The molecule has 1 rings (SSSR count). The molecular weight excluding hydrogens is 184 g/mol. The Bertz CT molecular complexity index is 172. The molecule has 42 valence electrons. The topological polar surface area (TPSA) is 12.9 Å². The number of aromatic nitrogens is 1. The molecule has 1 nitrogen and oxygen atoms in total. The molecule has 0 amide bonds. The number of rotatable bonds is 0. The maximum absolute atomic E-state index is 5.61. The fraction of sp³-hybridized carbons (Fsp3) is 0. The Morgan fingerprint density at radius 2 is 2.38 bits per heavy atom. The number of pyridine rings is 1. The van der Waals surface area contributed by atoms with Gasteiger partial charge < -0.3 is 0 Å².